The van der Waals surface area contributed by atoms with Crippen molar-refractivity contribution in [3.63, 3.8) is 0 Å². The summed E-state index contributed by atoms with van der Waals surface area (Å²) in [5, 5.41) is 3.79. The predicted molar refractivity (Wildman–Crippen MR) is 121 cm³/mol. The van der Waals surface area contributed by atoms with Crippen LogP contribution in [0.25, 0.3) is 22.1 Å². The van der Waals surface area contributed by atoms with Crippen molar-refractivity contribution in [3.05, 3.63) is 58.8 Å². The molecule has 0 saturated carbocycles. The molecule has 174 valence electrons. The molecule has 6 nitrogen and oxygen atoms in total. The van der Waals surface area contributed by atoms with Crippen LogP contribution in [-0.4, -0.2) is 41.5 Å². The van der Waals surface area contributed by atoms with Gasteiger partial charge < -0.3 is 19.4 Å². The minimum Gasteiger partial charge on any atom is -0.458 e. The van der Waals surface area contributed by atoms with E-state index in [4.69, 9.17) is 20.8 Å². The number of ether oxygens (including phenoxy) is 1. The number of hydrogen-bond acceptors (Lipinski definition) is 4. The number of amides is 2. The van der Waals surface area contributed by atoms with Crippen LogP contribution in [0.1, 0.15) is 36.9 Å². The second-order valence-corrected chi connectivity index (χ2v) is 9.45. The van der Waals surface area contributed by atoms with Gasteiger partial charge in [-0.2, -0.15) is 0 Å². The molecule has 33 heavy (non-hydrogen) atoms. The number of nitrogens with zero attached hydrogens (tertiary/aromatic N) is 1. The van der Waals surface area contributed by atoms with Gasteiger partial charge in [-0.3, -0.25) is 4.79 Å². The lowest BCUT2D eigenvalue weighted by Gasteiger charge is -2.38. The molecule has 0 aliphatic carbocycles. The number of carbonyl (C=O) groups is 2. The first-order valence-corrected chi connectivity index (χ1v) is 10.7. The molecule has 2 aromatic carbocycles. The van der Waals surface area contributed by atoms with Crippen LogP contribution in [0.2, 0.25) is 5.02 Å². The molecule has 1 aliphatic rings. The molecule has 0 bridgehead atoms. The summed E-state index contributed by atoms with van der Waals surface area (Å²) in [5.41, 5.74) is 1.84. The fourth-order valence-corrected chi connectivity index (χ4v) is 3.80. The van der Waals surface area contributed by atoms with Gasteiger partial charge in [-0.25, -0.2) is 13.6 Å². The number of alkyl carbamates (subject to hydrolysis) is 1. The highest BCUT2D eigenvalue weighted by Crippen LogP contribution is 2.34. The zero-order chi connectivity index (χ0) is 24.0. The van der Waals surface area contributed by atoms with Gasteiger partial charge >= 0.3 is 6.09 Å². The Kier molecular flexibility index (Phi) is 5.82. The monoisotopic (exact) mass is 476 g/mol. The van der Waals surface area contributed by atoms with Crippen molar-refractivity contribution in [2.24, 2.45) is 0 Å². The minimum atomic E-state index is -2.80. The number of hydrogen-bond donors (Lipinski definition) is 1. The second kappa shape index (κ2) is 8.33. The first kappa shape index (κ1) is 23.0. The van der Waals surface area contributed by atoms with Crippen molar-refractivity contribution in [2.45, 2.75) is 38.8 Å². The van der Waals surface area contributed by atoms with Crippen LogP contribution in [-0.2, 0) is 11.3 Å². The van der Waals surface area contributed by atoms with Gasteiger partial charge in [-0.05, 0) is 62.2 Å². The Labute approximate surface area is 194 Å². The summed E-state index contributed by atoms with van der Waals surface area (Å²) in [6.45, 7) is 4.38. The predicted octanol–water partition coefficient (Wildman–Crippen LogP) is 5.87. The number of halogens is 3. The Hall–Kier alpha value is -3.13. The molecule has 2 heterocycles. The molecular formula is C24H23ClF2N2O4. The molecule has 1 fully saturated rings. The largest absolute Gasteiger partial charge is 0.458 e. The zero-order valence-electron chi connectivity index (χ0n) is 18.4. The number of nitrogens with one attached hydrogen (secondary N) is 1. The van der Waals surface area contributed by atoms with E-state index in [2.05, 4.69) is 5.32 Å². The first-order chi connectivity index (χ1) is 15.4. The number of rotatable bonds is 4. The highest BCUT2D eigenvalue weighted by atomic mass is 35.5. The lowest BCUT2D eigenvalue weighted by molar-refractivity contribution is -0.113. The fourth-order valence-electron chi connectivity index (χ4n) is 3.53. The maximum atomic E-state index is 13.0. The van der Waals surface area contributed by atoms with Crippen molar-refractivity contribution in [1.82, 2.24) is 10.2 Å². The van der Waals surface area contributed by atoms with Crippen molar-refractivity contribution in [2.75, 3.05) is 13.1 Å². The Morgan fingerprint density at radius 3 is 2.39 bits per heavy atom. The molecule has 1 aliphatic heterocycles. The SMILES string of the molecule is CC(C)(C)OC(=O)NCc1cc2cc(-c3ccc(C(=O)N4CC(F)(F)C4)cc3)cc(Cl)c2o1. The van der Waals surface area contributed by atoms with Crippen molar-refractivity contribution in [1.29, 1.82) is 0 Å². The maximum absolute atomic E-state index is 13.0. The van der Waals surface area contributed by atoms with Crippen LogP contribution in [0, 0.1) is 0 Å². The van der Waals surface area contributed by atoms with Crippen LogP contribution in [0.4, 0.5) is 13.6 Å². The van der Waals surface area contributed by atoms with E-state index < -0.39 is 36.6 Å². The van der Waals surface area contributed by atoms with E-state index in [1.54, 1.807) is 57.2 Å². The van der Waals surface area contributed by atoms with E-state index in [0.717, 1.165) is 21.4 Å². The third-order valence-corrected chi connectivity index (χ3v) is 5.31. The highest BCUT2D eigenvalue weighted by Gasteiger charge is 2.46. The average Bonchev–Trinajstić information content (AvgIpc) is 3.12. The number of carbonyl (C=O) groups excluding carboxylic acids is 2. The molecule has 9 heteroatoms. The highest BCUT2D eigenvalue weighted by molar-refractivity contribution is 6.35. The Morgan fingerprint density at radius 1 is 1.12 bits per heavy atom. The third kappa shape index (κ3) is 5.27. The summed E-state index contributed by atoms with van der Waals surface area (Å²) in [6, 6.07) is 12.1. The summed E-state index contributed by atoms with van der Waals surface area (Å²) >= 11 is 6.41. The van der Waals surface area contributed by atoms with Gasteiger partial charge in [0.05, 0.1) is 24.7 Å². The number of likely N-dealkylation sites (tertiary alicyclic amines) is 1. The van der Waals surface area contributed by atoms with Gasteiger partial charge in [0.2, 0.25) is 0 Å². The Morgan fingerprint density at radius 2 is 1.79 bits per heavy atom. The van der Waals surface area contributed by atoms with E-state index in [9.17, 15) is 18.4 Å². The van der Waals surface area contributed by atoms with Gasteiger partial charge in [0.1, 0.15) is 11.4 Å². The summed E-state index contributed by atoms with van der Waals surface area (Å²) in [4.78, 5) is 25.3. The van der Waals surface area contributed by atoms with Crippen LogP contribution < -0.4 is 5.32 Å². The fraction of sp³-hybridized carbons (Fsp3) is 0.333. The van der Waals surface area contributed by atoms with Gasteiger partial charge in [0, 0.05) is 10.9 Å². The second-order valence-electron chi connectivity index (χ2n) is 9.04. The smallest absolute Gasteiger partial charge is 0.408 e. The van der Waals surface area contributed by atoms with Gasteiger partial charge in [0.25, 0.3) is 11.8 Å². The molecule has 1 N–H and O–H groups in total. The third-order valence-electron chi connectivity index (χ3n) is 5.02. The topological polar surface area (TPSA) is 71.8 Å². The standard InChI is InChI=1S/C24H23ClF2N2O4/c1-23(2,3)33-22(31)28-11-18-9-17-8-16(10-19(25)20(17)32-18)14-4-6-15(7-5-14)21(30)29-12-24(26,27)13-29/h4-10H,11-13H2,1-3H3,(H,28,31). The average molecular weight is 477 g/mol. The molecule has 0 unspecified atom stereocenters. The van der Waals surface area contributed by atoms with E-state index in [1.165, 1.54) is 0 Å². The molecule has 4 rings (SSSR count). The molecule has 0 spiro atoms. The van der Waals surface area contributed by atoms with Gasteiger partial charge in [-0.1, -0.05) is 23.7 Å². The molecule has 1 saturated heterocycles. The summed E-state index contributed by atoms with van der Waals surface area (Å²) in [6.07, 6.45) is -0.550. The van der Waals surface area contributed by atoms with Gasteiger partial charge in [-0.15, -0.1) is 0 Å². The Bertz CT molecular complexity index is 1210. The van der Waals surface area contributed by atoms with E-state index in [0.29, 0.717) is 21.9 Å². The van der Waals surface area contributed by atoms with Crippen LogP contribution in [0.5, 0.6) is 0 Å². The number of benzene rings is 2. The van der Waals surface area contributed by atoms with Crippen LogP contribution in [0.15, 0.2) is 46.9 Å². The van der Waals surface area contributed by atoms with Crippen molar-refractivity contribution in [3.8, 4) is 11.1 Å². The van der Waals surface area contributed by atoms with Crippen LogP contribution in [0.3, 0.4) is 0 Å². The number of alkyl halides is 2. The molecule has 2 amide bonds. The van der Waals surface area contributed by atoms with E-state index >= 15 is 0 Å². The molecule has 0 radical (unpaired) electrons. The quantitative estimate of drug-likeness (QED) is 0.511. The maximum Gasteiger partial charge on any atom is 0.408 e. The number of furan rings is 1. The van der Waals surface area contributed by atoms with Crippen molar-refractivity contribution < 1.29 is 27.5 Å². The lowest BCUT2D eigenvalue weighted by atomic mass is 10.0. The lowest BCUT2D eigenvalue weighted by Crippen LogP contribution is -2.58. The first-order valence-electron chi connectivity index (χ1n) is 10.4. The van der Waals surface area contributed by atoms with Gasteiger partial charge in [0.15, 0.2) is 5.58 Å². The number of fused-ring (bicyclic) bond motifs is 1. The zero-order valence-corrected chi connectivity index (χ0v) is 19.1. The summed E-state index contributed by atoms with van der Waals surface area (Å²) in [7, 11) is 0. The molecular weight excluding hydrogens is 454 g/mol. The van der Waals surface area contributed by atoms with Crippen molar-refractivity contribution >= 4 is 34.6 Å². The normalized spacial score (nSPS) is 15.3. The summed E-state index contributed by atoms with van der Waals surface area (Å²) in [5.74, 6) is -2.70. The molecule has 0 atom stereocenters. The Balaban J connectivity index is 1.48. The molecule has 1 aromatic heterocycles. The van der Waals surface area contributed by atoms with Crippen LogP contribution >= 0.6 is 11.6 Å². The minimum absolute atomic E-state index is 0.140. The molecule has 3 aromatic rings. The van der Waals surface area contributed by atoms with E-state index in [1.807, 2.05) is 6.07 Å². The van der Waals surface area contributed by atoms with E-state index in [-0.39, 0.29) is 6.54 Å². The summed E-state index contributed by atoms with van der Waals surface area (Å²) < 4.78 is 37.0.